The molecular weight excluding hydrogens is 220 g/mol. The van der Waals surface area contributed by atoms with Crippen molar-refractivity contribution in [2.75, 3.05) is 19.6 Å². The second kappa shape index (κ2) is 5.02. The largest absolute Gasteiger partial charge is 0.330 e. The smallest absolute Gasteiger partial charge is 0.0234 e. The quantitative estimate of drug-likeness (QED) is 0.885. The second-order valence-electron chi connectivity index (χ2n) is 6.16. The molecule has 18 heavy (non-hydrogen) atoms. The van der Waals surface area contributed by atoms with Crippen LogP contribution in [0.4, 0.5) is 0 Å². The number of rotatable bonds is 3. The molecule has 2 nitrogen and oxygen atoms in total. The van der Waals surface area contributed by atoms with Gasteiger partial charge in [-0.2, -0.15) is 0 Å². The van der Waals surface area contributed by atoms with Crippen LogP contribution >= 0.6 is 0 Å². The minimum absolute atomic E-state index is 0.438. The van der Waals surface area contributed by atoms with Crippen molar-refractivity contribution in [2.45, 2.75) is 32.2 Å². The van der Waals surface area contributed by atoms with Gasteiger partial charge in [0.05, 0.1) is 0 Å². The predicted octanol–water partition coefficient (Wildman–Crippen LogP) is 2.64. The number of hydrogen-bond acceptors (Lipinski definition) is 2. The Labute approximate surface area is 110 Å². The number of nitrogens with zero attached hydrogens (tertiary/aromatic N) is 1. The predicted molar refractivity (Wildman–Crippen MR) is 75.2 cm³/mol. The maximum Gasteiger partial charge on any atom is 0.0234 e. The molecule has 98 valence electrons. The Kier molecular flexibility index (Phi) is 3.40. The van der Waals surface area contributed by atoms with Crippen molar-refractivity contribution in [3.63, 3.8) is 0 Å². The molecule has 1 saturated carbocycles. The third-order valence-corrected chi connectivity index (χ3v) is 5.02. The Hall–Kier alpha value is -0.860. The van der Waals surface area contributed by atoms with E-state index in [1.807, 2.05) is 0 Å². The van der Waals surface area contributed by atoms with Crippen molar-refractivity contribution in [2.24, 2.45) is 17.1 Å². The molecule has 2 fully saturated rings. The highest BCUT2D eigenvalue weighted by Crippen LogP contribution is 2.46. The van der Waals surface area contributed by atoms with Gasteiger partial charge in [0.1, 0.15) is 0 Å². The summed E-state index contributed by atoms with van der Waals surface area (Å²) in [4.78, 5) is 2.62. The average Bonchev–Trinajstić information content (AvgIpc) is 2.78. The van der Waals surface area contributed by atoms with E-state index in [0.717, 1.165) is 19.0 Å². The van der Waals surface area contributed by atoms with Crippen molar-refractivity contribution in [3.05, 3.63) is 35.9 Å². The zero-order valence-corrected chi connectivity index (χ0v) is 11.1. The molecule has 2 N–H and O–H groups in total. The van der Waals surface area contributed by atoms with Gasteiger partial charge < -0.3 is 5.73 Å². The summed E-state index contributed by atoms with van der Waals surface area (Å²) in [6.07, 6.45) is 5.53. The van der Waals surface area contributed by atoms with Gasteiger partial charge >= 0.3 is 0 Å². The molecule has 1 aliphatic carbocycles. The summed E-state index contributed by atoms with van der Waals surface area (Å²) in [5.41, 5.74) is 7.98. The van der Waals surface area contributed by atoms with Gasteiger partial charge in [-0.05, 0) is 36.3 Å². The summed E-state index contributed by atoms with van der Waals surface area (Å²) in [6, 6.07) is 10.8. The highest BCUT2D eigenvalue weighted by Gasteiger charge is 2.46. The lowest BCUT2D eigenvalue weighted by Gasteiger charge is -2.37. The van der Waals surface area contributed by atoms with Crippen LogP contribution in [0.3, 0.4) is 0 Å². The van der Waals surface area contributed by atoms with Crippen LogP contribution in [0.15, 0.2) is 30.3 Å². The molecule has 1 aromatic rings. The van der Waals surface area contributed by atoms with E-state index in [-0.39, 0.29) is 0 Å². The fourth-order valence-electron chi connectivity index (χ4n) is 3.99. The first-order valence-corrected chi connectivity index (χ1v) is 7.29. The SMILES string of the molecule is NC[C@@]12CCCC[C@H]1CN(Cc1ccccc1)C2. The number of fused-ring (bicyclic) bond motifs is 1. The van der Waals surface area contributed by atoms with Gasteiger partial charge in [0, 0.05) is 19.6 Å². The van der Waals surface area contributed by atoms with Crippen molar-refractivity contribution >= 4 is 0 Å². The van der Waals surface area contributed by atoms with E-state index in [9.17, 15) is 0 Å². The summed E-state index contributed by atoms with van der Waals surface area (Å²) in [5, 5.41) is 0. The molecule has 2 atom stereocenters. The van der Waals surface area contributed by atoms with Crippen LogP contribution < -0.4 is 5.73 Å². The Morgan fingerprint density at radius 2 is 2.06 bits per heavy atom. The standard InChI is InChI=1S/C16H24N2/c17-12-16-9-5-4-8-15(16)11-18(13-16)10-14-6-2-1-3-7-14/h1-3,6-7,15H,4-5,8-13,17H2/t15-,16+/m0/s1. The Balaban J connectivity index is 1.70. The average molecular weight is 244 g/mol. The highest BCUT2D eigenvalue weighted by atomic mass is 15.2. The Bertz CT molecular complexity index is 389. The highest BCUT2D eigenvalue weighted by molar-refractivity contribution is 5.15. The molecular formula is C16H24N2. The molecule has 0 spiro atoms. The molecule has 1 heterocycles. The van der Waals surface area contributed by atoms with Gasteiger partial charge in [0.25, 0.3) is 0 Å². The van der Waals surface area contributed by atoms with Gasteiger partial charge in [-0.25, -0.2) is 0 Å². The first-order chi connectivity index (χ1) is 8.82. The summed E-state index contributed by atoms with van der Waals surface area (Å²) in [5.74, 6) is 0.847. The monoisotopic (exact) mass is 244 g/mol. The van der Waals surface area contributed by atoms with Crippen LogP contribution in [-0.2, 0) is 6.54 Å². The van der Waals surface area contributed by atoms with E-state index in [1.165, 1.54) is 44.3 Å². The summed E-state index contributed by atoms with van der Waals surface area (Å²) >= 11 is 0. The lowest BCUT2D eigenvalue weighted by molar-refractivity contribution is 0.155. The van der Waals surface area contributed by atoms with Crippen LogP contribution in [0, 0.1) is 11.3 Å². The van der Waals surface area contributed by atoms with E-state index in [4.69, 9.17) is 5.73 Å². The van der Waals surface area contributed by atoms with Crippen LogP contribution in [-0.4, -0.2) is 24.5 Å². The number of likely N-dealkylation sites (tertiary alicyclic amines) is 1. The molecule has 1 aromatic carbocycles. The van der Waals surface area contributed by atoms with Gasteiger partial charge in [-0.3, -0.25) is 4.90 Å². The minimum atomic E-state index is 0.438. The van der Waals surface area contributed by atoms with Crippen LogP contribution in [0.5, 0.6) is 0 Å². The van der Waals surface area contributed by atoms with Crippen LogP contribution in [0.25, 0.3) is 0 Å². The van der Waals surface area contributed by atoms with E-state index in [1.54, 1.807) is 0 Å². The number of benzene rings is 1. The molecule has 0 bridgehead atoms. The second-order valence-corrected chi connectivity index (χ2v) is 6.16. The first kappa shape index (κ1) is 12.2. The molecule has 2 heteroatoms. The van der Waals surface area contributed by atoms with Crippen molar-refractivity contribution in [3.8, 4) is 0 Å². The molecule has 2 aliphatic rings. The molecule has 0 amide bonds. The third-order valence-electron chi connectivity index (χ3n) is 5.02. The molecule has 0 aromatic heterocycles. The molecule has 3 rings (SSSR count). The van der Waals surface area contributed by atoms with Gasteiger partial charge in [0.2, 0.25) is 0 Å². The molecule has 0 radical (unpaired) electrons. The fourth-order valence-corrected chi connectivity index (χ4v) is 3.99. The van der Waals surface area contributed by atoms with Gasteiger partial charge in [-0.1, -0.05) is 43.2 Å². The lowest BCUT2D eigenvalue weighted by Crippen LogP contribution is -2.40. The van der Waals surface area contributed by atoms with Crippen LogP contribution in [0.1, 0.15) is 31.2 Å². The molecule has 1 saturated heterocycles. The maximum atomic E-state index is 6.11. The zero-order chi connectivity index (χ0) is 12.4. The summed E-state index contributed by atoms with van der Waals surface area (Å²) in [7, 11) is 0. The minimum Gasteiger partial charge on any atom is -0.330 e. The van der Waals surface area contributed by atoms with Gasteiger partial charge in [-0.15, -0.1) is 0 Å². The Morgan fingerprint density at radius 1 is 1.22 bits per heavy atom. The number of nitrogens with two attached hydrogens (primary N) is 1. The van der Waals surface area contributed by atoms with Gasteiger partial charge in [0.15, 0.2) is 0 Å². The Morgan fingerprint density at radius 3 is 2.78 bits per heavy atom. The first-order valence-electron chi connectivity index (χ1n) is 7.29. The lowest BCUT2D eigenvalue weighted by atomic mass is 9.68. The fraction of sp³-hybridized carbons (Fsp3) is 0.625. The maximum absolute atomic E-state index is 6.11. The zero-order valence-electron chi connectivity index (χ0n) is 11.1. The van der Waals surface area contributed by atoms with Crippen molar-refractivity contribution in [1.29, 1.82) is 0 Å². The van der Waals surface area contributed by atoms with Crippen LogP contribution in [0.2, 0.25) is 0 Å². The van der Waals surface area contributed by atoms with E-state index in [0.29, 0.717) is 5.41 Å². The third kappa shape index (κ3) is 2.19. The molecule has 0 unspecified atom stereocenters. The van der Waals surface area contributed by atoms with Crippen molar-refractivity contribution in [1.82, 2.24) is 4.90 Å². The topological polar surface area (TPSA) is 29.3 Å². The van der Waals surface area contributed by atoms with Crippen molar-refractivity contribution < 1.29 is 0 Å². The molecule has 1 aliphatic heterocycles. The van der Waals surface area contributed by atoms with E-state index in [2.05, 4.69) is 35.2 Å². The van der Waals surface area contributed by atoms with E-state index >= 15 is 0 Å². The summed E-state index contributed by atoms with van der Waals surface area (Å²) < 4.78 is 0. The normalized spacial score (nSPS) is 32.4. The van der Waals surface area contributed by atoms with E-state index < -0.39 is 0 Å². The summed E-state index contributed by atoms with van der Waals surface area (Å²) in [6.45, 7) is 4.44. The number of hydrogen-bond donors (Lipinski definition) is 1.